The highest BCUT2D eigenvalue weighted by Gasteiger charge is 2.35. The zero-order valence-electron chi connectivity index (χ0n) is 13.9. The van der Waals surface area contributed by atoms with Crippen LogP contribution in [0.3, 0.4) is 0 Å². The summed E-state index contributed by atoms with van der Waals surface area (Å²) in [4.78, 5) is 26.6. The quantitative estimate of drug-likeness (QED) is 0.687. The lowest BCUT2D eigenvalue weighted by atomic mass is 9.99. The maximum absolute atomic E-state index is 15.3. The third-order valence-corrected chi connectivity index (χ3v) is 5.99. The molecule has 5 heterocycles. The van der Waals surface area contributed by atoms with E-state index in [0.717, 1.165) is 11.3 Å². The number of nitrogens with zero attached hydrogens (tertiary/aromatic N) is 3. The average Bonchev–Trinajstić information content (AvgIpc) is 3.12. The van der Waals surface area contributed by atoms with Gasteiger partial charge in [-0.15, -0.1) is 11.3 Å². The molecule has 3 aromatic rings. The van der Waals surface area contributed by atoms with Crippen LogP contribution in [0.25, 0.3) is 15.7 Å². The Bertz CT molecular complexity index is 1180. The number of piperazine rings is 1. The van der Waals surface area contributed by atoms with Crippen LogP contribution < -0.4 is 15.1 Å². The first-order valence-corrected chi connectivity index (χ1v) is 9.21. The van der Waals surface area contributed by atoms with Gasteiger partial charge in [-0.2, -0.15) is 5.06 Å². The van der Waals surface area contributed by atoms with Crippen LogP contribution in [0.5, 0.6) is 5.75 Å². The molecule has 6 rings (SSSR count). The van der Waals surface area contributed by atoms with Crippen molar-refractivity contribution in [1.29, 1.82) is 0 Å². The van der Waals surface area contributed by atoms with Crippen LogP contribution >= 0.6 is 11.3 Å². The number of hydrogen-bond acceptors (Lipinski definition) is 7. The molecule has 0 unspecified atom stereocenters. The number of fused-ring (bicyclic) bond motifs is 3. The Labute approximate surface area is 155 Å². The van der Waals surface area contributed by atoms with Crippen molar-refractivity contribution in [2.24, 2.45) is 0 Å². The van der Waals surface area contributed by atoms with Gasteiger partial charge >= 0.3 is 5.97 Å². The van der Waals surface area contributed by atoms with Gasteiger partial charge in [0.2, 0.25) is 5.43 Å². The fourth-order valence-corrected chi connectivity index (χ4v) is 4.74. The molecule has 0 aliphatic carbocycles. The Hall–Kier alpha value is -2.69. The van der Waals surface area contributed by atoms with Crippen LogP contribution in [0.4, 0.5) is 10.1 Å². The topological polar surface area (TPSA) is 94.7 Å². The number of hydroxylamine groups is 2. The molecule has 2 aromatic heterocycles. The van der Waals surface area contributed by atoms with Gasteiger partial charge in [0.15, 0.2) is 11.6 Å². The van der Waals surface area contributed by atoms with Gasteiger partial charge < -0.3 is 24.4 Å². The second-order valence-corrected chi connectivity index (χ2v) is 7.41. The third-order valence-electron chi connectivity index (χ3n) is 5.11. The van der Waals surface area contributed by atoms with Crippen molar-refractivity contribution >= 4 is 38.7 Å². The first-order valence-electron chi connectivity index (χ1n) is 8.33. The summed E-state index contributed by atoms with van der Waals surface area (Å²) < 4.78 is 22.6. The van der Waals surface area contributed by atoms with Crippen LogP contribution in [-0.4, -0.2) is 51.9 Å². The van der Waals surface area contributed by atoms with Crippen molar-refractivity contribution in [2.45, 2.75) is 6.61 Å². The summed E-state index contributed by atoms with van der Waals surface area (Å²) in [5.74, 6) is -1.65. The van der Waals surface area contributed by atoms with E-state index >= 15 is 4.39 Å². The predicted octanol–water partition coefficient (Wildman–Crippen LogP) is 1.76. The molecule has 27 heavy (non-hydrogen) atoms. The SMILES string of the molecule is O=C(O)c1c(=O)c2c3c(F)c(N4CCN(O)CC4)c(c2n2ccsc12)OC3. The summed E-state index contributed by atoms with van der Waals surface area (Å²) in [6, 6.07) is 0. The molecule has 3 aliphatic rings. The van der Waals surface area contributed by atoms with Gasteiger partial charge in [0, 0.05) is 43.3 Å². The summed E-state index contributed by atoms with van der Waals surface area (Å²) in [7, 11) is 0. The molecule has 10 heteroatoms. The predicted molar refractivity (Wildman–Crippen MR) is 95.9 cm³/mol. The number of aromatic carboxylic acids is 1. The molecule has 140 valence electrons. The number of rotatable bonds is 2. The number of halogens is 1. The van der Waals surface area contributed by atoms with Crippen LogP contribution in [0, 0.1) is 5.82 Å². The number of carbonyl (C=O) groups is 1. The summed E-state index contributed by atoms with van der Waals surface area (Å²) in [6.45, 7) is 1.42. The lowest BCUT2D eigenvalue weighted by Crippen LogP contribution is -2.45. The number of anilines is 1. The number of carboxylic acid groups (broad SMARTS) is 1. The van der Waals surface area contributed by atoms with Gasteiger partial charge in [0.05, 0.1) is 5.39 Å². The number of aromatic nitrogens is 1. The Balaban J connectivity index is 1.89. The second kappa shape index (κ2) is 5.65. The Kier molecular flexibility index (Phi) is 3.45. The van der Waals surface area contributed by atoms with Crippen LogP contribution in [0.1, 0.15) is 15.9 Å². The summed E-state index contributed by atoms with van der Waals surface area (Å²) in [5, 5.41) is 22.0. The minimum absolute atomic E-state index is 0.0617. The highest BCUT2D eigenvalue weighted by atomic mass is 32.1. The fraction of sp³-hybridized carbons (Fsp3) is 0.294. The number of ether oxygens (including phenoxy) is 1. The van der Waals surface area contributed by atoms with Crippen LogP contribution in [0.15, 0.2) is 16.4 Å². The maximum atomic E-state index is 15.3. The molecule has 0 atom stereocenters. The van der Waals surface area contributed by atoms with Crippen molar-refractivity contribution in [3.05, 3.63) is 38.7 Å². The highest BCUT2D eigenvalue weighted by molar-refractivity contribution is 7.16. The first-order chi connectivity index (χ1) is 13.0. The monoisotopic (exact) mass is 391 g/mol. The zero-order valence-corrected chi connectivity index (χ0v) is 14.8. The lowest BCUT2D eigenvalue weighted by molar-refractivity contribution is -0.0936. The van der Waals surface area contributed by atoms with E-state index in [1.165, 1.54) is 5.06 Å². The Morgan fingerprint density at radius 1 is 1.26 bits per heavy atom. The summed E-state index contributed by atoms with van der Waals surface area (Å²) >= 11 is 1.14. The largest absolute Gasteiger partial charge is 0.484 e. The standard InChI is InChI=1S/C17H14FN3O5S/c18-11-8-7-26-15(13(11)19-1-3-20(25)4-2-19)12-9(8)14(22)10(17(23)24)16-21(12)5-6-27-16/h5-6,25H,1-4,7H2,(H,23,24). The molecule has 0 radical (unpaired) electrons. The molecule has 1 aromatic carbocycles. The molecule has 2 N–H and O–H groups in total. The molecular formula is C17H14FN3O5S. The van der Waals surface area contributed by atoms with Gasteiger partial charge in [-0.1, -0.05) is 0 Å². The average molecular weight is 391 g/mol. The number of pyridine rings is 1. The van der Waals surface area contributed by atoms with E-state index < -0.39 is 17.2 Å². The number of carboxylic acids is 1. The number of hydrogen-bond donors (Lipinski definition) is 2. The molecule has 0 amide bonds. The van der Waals surface area contributed by atoms with E-state index in [-0.39, 0.29) is 39.4 Å². The minimum Gasteiger partial charge on any atom is -0.484 e. The van der Waals surface area contributed by atoms with E-state index in [1.54, 1.807) is 20.9 Å². The maximum Gasteiger partial charge on any atom is 0.342 e. The minimum atomic E-state index is -1.33. The molecule has 1 fully saturated rings. The summed E-state index contributed by atoms with van der Waals surface area (Å²) in [6.07, 6.45) is 1.66. The van der Waals surface area contributed by atoms with E-state index in [4.69, 9.17) is 4.74 Å². The van der Waals surface area contributed by atoms with E-state index in [0.29, 0.717) is 31.7 Å². The van der Waals surface area contributed by atoms with Gasteiger partial charge in [0.1, 0.15) is 28.2 Å². The van der Waals surface area contributed by atoms with Gasteiger partial charge in [-0.25, -0.2) is 9.18 Å². The van der Waals surface area contributed by atoms with Crippen molar-refractivity contribution < 1.29 is 24.2 Å². The molecule has 0 spiro atoms. The highest BCUT2D eigenvalue weighted by Crippen LogP contribution is 2.46. The first kappa shape index (κ1) is 16.5. The van der Waals surface area contributed by atoms with Gasteiger partial charge in [-0.05, 0) is 0 Å². The molecule has 1 saturated heterocycles. The molecule has 8 nitrogen and oxygen atoms in total. The Morgan fingerprint density at radius 2 is 2.00 bits per heavy atom. The van der Waals surface area contributed by atoms with E-state index in [1.807, 2.05) is 0 Å². The van der Waals surface area contributed by atoms with Gasteiger partial charge in [-0.3, -0.25) is 4.79 Å². The van der Waals surface area contributed by atoms with Crippen molar-refractivity contribution in [3.63, 3.8) is 0 Å². The Morgan fingerprint density at radius 3 is 2.70 bits per heavy atom. The zero-order chi connectivity index (χ0) is 18.9. The van der Waals surface area contributed by atoms with E-state index in [9.17, 15) is 19.9 Å². The van der Waals surface area contributed by atoms with E-state index in [2.05, 4.69) is 0 Å². The molecular weight excluding hydrogens is 377 g/mol. The van der Waals surface area contributed by atoms with Crippen molar-refractivity contribution in [2.75, 3.05) is 31.1 Å². The number of thiazole rings is 1. The number of benzene rings is 1. The second-order valence-electron chi connectivity index (χ2n) is 6.51. The normalized spacial score (nSPS) is 17.0. The van der Waals surface area contributed by atoms with Crippen molar-refractivity contribution in [3.8, 4) is 5.75 Å². The van der Waals surface area contributed by atoms with Crippen molar-refractivity contribution in [1.82, 2.24) is 9.46 Å². The summed E-state index contributed by atoms with van der Waals surface area (Å²) in [5.41, 5.74) is -0.308. The molecule has 2 bridgehead atoms. The smallest absolute Gasteiger partial charge is 0.342 e. The van der Waals surface area contributed by atoms with Crippen LogP contribution in [-0.2, 0) is 6.61 Å². The fourth-order valence-electron chi connectivity index (χ4n) is 3.86. The van der Waals surface area contributed by atoms with Crippen LogP contribution in [0.2, 0.25) is 0 Å². The molecule has 0 saturated carbocycles. The molecule has 3 aliphatic heterocycles. The third kappa shape index (κ3) is 2.14. The van der Waals surface area contributed by atoms with Gasteiger partial charge in [0.25, 0.3) is 0 Å². The lowest BCUT2D eigenvalue weighted by Gasteiger charge is -2.36.